The first-order valence-corrected chi connectivity index (χ1v) is 9.03. The first-order chi connectivity index (χ1) is 9.67. The molecule has 1 rings (SSSR count). The van der Waals surface area contributed by atoms with Crippen LogP contribution in [0.4, 0.5) is 0 Å². The Labute approximate surface area is 133 Å². The van der Waals surface area contributed by atoms with Gasteiger partial charge < -0.3 is 10.2 Å². The van der Waals surface area contributed by atoms with Gasteiger partial charge in [0, 0.05) is 6.54 Å². The van der Waals surface area contributed by atoms with Crippen molar-refractivity contribution in [2.24, 2.45) is 5.41 Å². The maximum atomic E-state index is 12.8. The Balaban J connectivity index is 2.96. The Hall–Kier alpha value is -0.710. The minimum Gasteiger partial charge on any atom is -0.340 e. The lowest BCUT2D eigenvalue weighted by Crippen LogP contribution is -2.71. The topological polar surface area (TPSA) is 49.4 Å². The third kappa shape index (κ3) is 4.15. The monoisotopic (exact) mass is 314 g/mol. The summed E-state index contributed by atoms with van der Waals surface area (Å²) in [7, 11) is 0. The smallest absolute Gasteiger partial charge is 0.248 e. The molecule has 0 aromatic carbocycles. The molecule has 0 saturated carbocycles. The minimum atomic E-state index is -0.753. The highest BCUT2D eigenvalue weighted by Gasteiger charge is 2.50. The second kappa shape index (κ2) is 7.03. The summed E-state index contributed by atoms with van der Waals surface area (Å²) < 4.78 is 0. The Bertz CT molecular complexity index is 392. The number of piperazine rings is 1. The lowest BCUT2D eigenvalue weighted by Gasteiger charge is -2.48. The second-order valence-electron chi connectivity index (χ2n) is 6.99. The van der Waals surface area contributed by atoms with E-state index < -0.39 is 5.54 Å². The average molecular weight is 314 g/mol. The van der Waals surface area contributed by atoms with Gasteiger partial charge in [-0.3, -0.25) is 9.59 Å². The minimum absolute atomic E-state index is 0.0189. The van der Waals surface area contributed by atoms with E-state index in [1.165, 1.54) is 0 Å². The third-order valence-corrected chi connectivity index (χ3v) is 5.10. The molecule has 0 radical (unpaired) electrons. The van der Waals surface area contributed by atoms with Crippen LogP contribution in [-0.2, 0) is 9.59 Å². The summed E-state index contributed by atoms with van der Waals surface area (Å²) in [5.74, 6) is 2.16. The van der Waals surface area contributed by atoms with Crippen LogP contribution < -0.4 is 5.32 Å². The lowest BCUT2D eigenvalue weighted by atomic mass is 9.80. The Morgan fingerprint density at radius 3 is 2.38 bits per heavy atom. The molecule has 1 aliphatic rings. The van der Waals surface area contributed by atoms with Crippen LogP contribution in [0.25, 0.3) is 0 Å². The van der Waals surface area contributed by atoms with Gasteiger partial charge in [0.15, 0.2) is 0 Å². The van der Waals surface area contributed by atoms with Crippen LogP contribution >= 0.6 is 11.8 Å². The summed E-state index contributed by atoms with van der Waals surface area (Å²) in [6.45, 7) is 12.6. The number of amides is 2. The van der Waals surface area contributed by atoms with Gasteiger partial charge in [0.2, 0.25) is 11.8 Å². The summed E-state index contributed by atoms with van der Waals surface area (Å²) in [5, 5.41) is 2.95. The highest BCUT2D eigenvalue weighted by Crippen LogP contribution is 2.31. The molecule has 4 nitrogen and oxygen atoms in total. The molecule has 21 heavy (non-hydrogen) atoms. The fraction of sp³-hybridized carbons (Fsp3) is 0.875. The van der Waals surface area contributed by atoms with Crippen molar-refractivity contribution in [2.45, 2.75) is 66.0 Å². The number of nitrogens with one attached hydrogen (secondary N) is 1. The van der Waals surface area contributed by atoms with E-state index in [-0.39, 0.29) is 23.3 Å². The number of hydrogen-bond donors (Lipinski definition) is 1. The van der Waals surface area contributed by atoms with Crippen molar-refractivity contribution in [1.82, 2.24) is 10.2 Å². The van der Waals surface area contributed by atoms with Crippen molar-refractivity contribution in [3.63, 3.8) is 0 Å². The number of hydrogen-bond acceptors (Lipinski definition) is 3. The molecule has 122 valence electrons. The van der Waals surface area contributed by atoms with Gasteiger partial charge in [-0.25, -0.2) is 0 Å². The van der Waals surface area contributed by atoms with Gasteiger partial charge in [0.05, 0.1) is 0 Å². The maximum Gasteiger partial charge on any atom is 0.248 e. The van der Waals surface area contributed by atoms with E-state index in [0.29, 0.717) is 13.0 Å². The van der Waals surface area contributed by atoms with Crippen LogP contribution in [0.5, 0.6) is 0 Å². The van der Waals surface area contributed by atoms with Gasteiger partial charge in [-0.2, -0.15) is 11.8 Å². The zero-order valence-electron chi connectivity index (χ0n) is 14.3. The Morgan fingerprint density at radius 2 is 1.90 bits per heavy atom. The van der Waals surface area contributed by atoms with Crippen molar-refractivity contribution in [3.05, 3.63) is 0 Å². The van der Waals surface area contributed by atoms with Gasteiger partial charge in [0.25, 0.3) is 0 Å². The van der Waals surface area contributed by atoms with E-state index in [4.69, 9.17) is 0 Å². The van der Waals surface area contributed by atoms with Crippen LogP contribution in [-0.4, -0.2) is 46.3 Å². The zero-order chi connectivity index (χ0) is 16.3. The molecule has 1 N–H and O–H groups in total. The molecular weight excluding hydrogens is 284 g/mol. The number of nitrogens with zero attached hydrogens (tertiary/aromatic N) is 1. The molecule has 5 heteroatoms. The summed E-state index contributed by atoms with van der Waals surface area (Å²) in [6, 6.07) is -0.378. The van der Waals surface area contributed by atoms with Crippen LogP contribution in [0.3, 0.4) is 0 Å². The molecule has 1 fully saturated rings. The number of thioether (sulfide) groups is 1. The first-order valence-electron chi connectivity index (χ1n) is 7.88. The van der Waals surface area contributed by atoms with Gasteiger partial charge in [-0.1, -0.05) is 34.6 Å². The van der Waals surface area contributed by atoms with Crippen molar-refractivity contribution in [2.75, 3.05) is 18.1 Å². The maximum absolute atomic E-state index is 12.8. The molecule has 2 amide bonds. The van der Waals surface area contributed by atoms with E-state index in [9.17, 15) is 9.59 Å². The van der Waals surface area contributed by atoms with E-state index in [1.807, 2.05) is 51.3 Å². The summed E-state index contributed by atoms with van der Waals surface area (Å²) >= 11 is 1.87. The first kappa shape index (κ1) is 18.3. The number of carbonyl (C=O) groups is 2. The van der Waals surface area contributed by atoms with E-state index >= 15 is 0 Å². The SMILES string of the molecule is CCSCCCN1C(=O)C(C)(CC)NC(=O)C1C(C)(C)C. The molecule has 2 atom stereocenters. The number of rotatable bonds is 6. The van der Waals surface area contributed by atoms with E-state index in [1.54, 1.807) is 0 Å². The largest absolute Gasteiger partial charge is 0.340 e. The van der Waals surface area contributed by atoms with Gasteiger partial charge in [-0.15, -0.1) is 0 Å². The average Bonchev–Trinajstić information content (AvgIpc) is 2.38. The quantitative estimate of drug-likeness (QED) is 0.767. The third-order valence-electron chi connectivity index (χ3n) is 4.11. The molecule has 0 aromatic heterocycles. The molecule has 1 saturated heterocycles. The molecule has 1 aliphatic heterocycles. The van der Waals surface area contributed by atoms with E-state index in [0.717, 1.165) is 17.9 Å². The van der Waals surface area contributed by atoms with Crippen LogP contribution in [0, 0.1) is 5.41 Å². The van der Waals surface area contributed by atoms with Crippen LogP contribution in [0.1, 0.15) is 54.4 Å². The van der Waals surface area contributed by atoms with Gasteiger partial charge in [-0.05, 0) is 36.7 Å². The van der Waals surface area contributed by atoms with Crippen LogP contribution in [0.2, 0.25) is 0 Å². The molecule has 0 aromatic rings. The van der Waals surface area contributed by atoms with Gasteiger partial charge >= 0.3 is 0 Å². The zero-order valence-corrected chi connectivity index (χ0v) is 15.1. The molecule has 2 unspecified atom stereocenters. The highest BCUT2D eigenvalue weighted by molar-refractivity contribution is 7.99. The molecule has 0 bridgehead atoms. The standard InChI is InChI=1S/C16H30N2O2S/c1-7-16(6)14(20)18(10-9-11-21-8-2)12(13(19)17-16)15(3,4)5/h12H,7-11H2,1-6H3,(H,17,19). The Morgan fingerprint density at radius 1 is 1.29 bits per heavy atom. The Kier molecular flexibility index (Phi) is 6.14. The predicted molar refractivity (Wildman–Crippen MR) is 89.4 cm³/mol. The van der Waals surface area contributed by atoms with E-state index in [2.05, 4.69) is 12.2 Å². The van der Waals surface area contributed by atoms with Crippen molar-refractivity contribution >= 4 is 23.6 Å². The summed E-state index contributed by atoms with van der Waals surface area (Å²) in [4.78, 5) is 27.2. The van der Waals surface area contributed by atoms with Crippen molar-refractivity contribution in [1.29, 1.82) is 0 Å². The molecule has 0 spiro atoms. The second-order valence-corrected chi connectivity index (χ2v) is 8.39. The van der Waals surface area contributed by atoms with Crippen molar-refractivity contribution < 1.29 is 9.59 Å². The van der Waals surface area contributed by atoms with Crippen molar-refractivity contribution in [3.8, 4) is 0 Å². The lowest BCUT2D eigenvalue weighted by molar-refractivity contribution is -0.158. The molecule has 0 aliphatic carbocycles. The normalized spacial score (nSPS) is 27.0. The molecular formula is C16H30N2O2S. The van der Waals surface area contributed by atoms with Gasteiger partial charge in [0.1, 0.15) is 11.6 Å². The fourth-order valence-electron chi connectivity index (χ4n) is 2.78. The summed E-state index contributed by atoms with van der Waals surface area (Å²) in [6.07, 6.45) is 1.55. The number of carbonyl (C=O) groups excluding carboxylic acids is 2. The molecule has 1 heterocycles. The predicted octanol–water partition coefficient (Wildman–Crippen LogP) is 2.67. The summed E-state index contributed by atoms with van der Waals surface area (Å²) in [5.41, 5.74) is -1.01. The van der Waals surface area contributed by atoms with Crippen LogP contribution in [0.15, 0.2) is 0 Å². The highest BCUT2D eigenvalue weighted by atomic mass is 32.2. The fourth-order valence-corrected chi connectivity index (χ4v) is 3.40.